The molecule has 7 atom stereocenters. The summed E-state index contributed by atoms with van der Waals surface area (Å²) in [7, 11) is 0. The van der Waals surface area contributed by atoms with Crippen LogP contribution in [0.4, 0.5) is 10.1 Å². The lowest BCUT2D eigenvalue weighted by Gasteiger charge is -2.54. The summed E-state index contributed by atoms with van der Waals surface area (Å²) in [5.41, 5.74) is 4.29. The molecule has 0 aliphatic heterocycles. The molecule has 0 saturated heterocycles. The van der Waals surface area contributed by atoms with Gasteiger partial charge in [0.25, 0.3) is 5.91 Å². The van der Waals surface area contributed by atoms with Crippen molar-refractivity contribution in [2.75, 3.05) is 18.4 Å². The Morgan fingerprint density at radius 1 is 0.958 bits per heavy atom. The molecule has 3 aromatic rings. The molecule has 6 rings (SSSR count). The van der Waals surface area contributed by atoms with E-state index in [1.54, 1.807) is 30.3 Å². The highest BCUT2D eigenvalue weighted by Gasteiger charge is 2.59. The Hall–Kier alpha value is -3.71. The van der Waals surface area contributed by atoms with Crippen molar-refractivity contribution in [1.29, 1.82) is 0 Å². The Morgan fingerprint density at radius 2 is 1.71 bits per heavy atom. The number of hydrogen-bond acceptors (Lipinski definition) is 4. The molecule has 0 aromatic heterocycles. The number of nitrogens with zero attached hydrogens (tertiary/aromatic N) is 1. The summed E-state index contributed by atoms with van der Waals surface area (Å²) < 4.78 is 16.1. The van der Waals surface area contributed by atoms with E-state index < -0.39 is 12.3 Å². The molecule has 0 heterocycles. The number of amides is 2. The minimum absolute atomic E-state index is 0.000700. The van der Waals surface area contributed by atoms with Crippen molar-refractivity contribution in [2.45, 2.75) is 96.2 Å². The lowest BCUT2D eigenvalue weighted by atomic mass is 9.51. The zero-order chi connectivity index (χ0) is 33.8. The van der Waals surface area contributed by atoms with Crippen LogP contribution in [0.5, 0.6) is 5.75 Å². The fourth-order valence-electron chi connectivity index (χ4n) is 9.43. The number of aliphatic hydroxyl groups is 1. The number of halogens is 1. The summed E-state index contributed by atoms with van der Waals surface area (Å²) >= 11 is 0. The molecule has 7 heteroatoms. The fraction of sp³-hybridized carbons (Fsp3) is 0.512. The number of nitrogens with one attached hydrogen (secondary N) is 1. The van der Waals surface area contributed by atoms with Crippen molar-refractivity contribution >= 4 is 17.5 Å². The van der Waals surface area contributed by atoms with E-state index in [1.165, 1.54) is 12.5 Å². The zero-order valence-electron chi connectivity index (χ0n) is 28.4. The number of fused-ring (bicyclic) bond motifs is 5. The van der Waals surface area contributed by atoms with E-state index in [1.807, 2.05) is 35.2 Å². The topological polar surface area (TPSA) is 89.9 Å². The average Bonchev–Trinajstić information content (AvgIpc) is 3.36. The smallest absolute Gasteiger partial charge is 0.253 e. The van der Waals surface area contributed by atoms with E-state index in [2.05, 4.69) is 24.4 Å². The number of aromatic hydroxyl groups is 1. The molecule has 0 bridgehead atoms. The fourth-order valence-corrected chi connectivity index (χ4v) is 9.43. The predicted molar refractivity (Wildman–Crippen MR) is 188 cm³/mol. The van der Waals surface area contributed by atoms with E-state index in [-0.39, 0.29) is 34.8 Å². The van der Waals surface area contributed by atoms with Crippen LogP contribution < -0.4 is 5.32 Å². The van der Waals surface area contributed by atoms with Gasteiger partial charge in [0.15, 0.2) is 0 Å². The summed E-state index contributed by atoms with van der Waals surface area (Å²) in [6, 6.07) is 22.9. The van der Waals surface area contributed by atoms with E-state index in [4.69, 9.17) is 0 Å². The molecule has 3 N–H and O–H groups in total. The second-order valence-corrected chi connectivity index (χ2v) is 14.9. The van der Waals surface area contributed by atoms with Crippen LogP contribution in [0.2, 0.25) is 0 Å². The quantitative estimate of drug-likeness (QED) is 0.172. The van der Waals surface area contributed by atoms with Gasteiger partial charge in [-0.1, -0.05) is 56.2 Å². The summed E-state index contributed by atoms with van der Waals surface area (Å²) in [5.74, 6) is 0.682. The number of hydrogen-bond donors (Lipinski definition) is 3. The van der Waals surface area contributed by atoms with Gasteiger partial charge < -0.3 is 20.4 Å². The first-order valence-corrected chi connectivity index (χ1v) is 18.0. The van der Waals surface area contributed by atoms with Gasteiger partial charge in [-0.05, 0) is 128 Å². The van der Waals surface area contributed by atoms with Crippen molar-refractivity contribution in [3.8, 4) is 5.75 Å². The number of aryl methyl sites for hydroxylation is 1. The first-order valence-electron chi connectivity index (χ1n) is 18.0. The Kier molecular flexibility index (Phi) is 10.5. The van der Waals surface area contributed by atoms with Gasteiger partial charge in [-0.3, -0.25) is 9.59 Å². The van der Waals surface area contributed by atoms with Crippen LogP contribution in [0.25, 0.3) is 0 Å². The van der Waals surface area contributed by atoms with Crippen molar-refractivity contribution in [1.82, 2.24) is 4.90 Å². The maximum absolute atomic E-state index is 16.1. The molecule has 0 radical (unpaired) electrons. The third-order valence-corrected chi connectivity index (χ3v) is 11.8. The summed E-state index contributed by atoms with van der Waals surface area (Å²) in [6.45, 7) is 4.90. The lowest BCUT2D eigenvalue weighted by Crippen LogP contribution is -2.51. The highest BCUT2D eigenvalue weighted by atomic mass is 19.1. The van der Waals surface area contributed by atoms with Crippen molar-refractivity contribution in [3.05, 3.63) is 95.1 Å². The van der Waals surface area contributed by atoms with E-state index in [0.717, 1.165) is 68.9 Å². The van der Waals surface area contributed by atoms with Gasteiger partial charge in [0.2, 0.25) is 5.91 Å². The number of rotatable bonds is 12. The van der Waals surface area contributed by atoms with Gasteiger partial charge in [-0.25, -0.2) is 4.39 Å². The van der Waals surface area contributed by atoms with Crippen molar-refractivity contribution in [3.63, 3.8) is 0 Å². The zero-order valence-corrected chi connectivity index (χ0v) is 28.4. The Bertz CT molecular complexity index is 1560. The second-order valence-electron chi connectivity index (χ2n) is 14.9. The third-order valence-electron chi connectivity index (χ3n) is 11.8. The number of carbonyl (C=O) groups is 2. The molecule has 0 unspecified atom stereocenters. The van der Waals surface area contributed by atoms with Gasteiger partial charge in [-0.2, -0.15) is 0 Å². The number of carbonyl (C=O) groups excluding carboxylic acids is 2. The summed E-state index contributed by atoms with van der Waals surface area (Å²) in [6.07, 6.45) is 7.05. The minimum atomic E-state index is -1.00. The Labute approximate surface area is 284 Å². The molecular weight excluding hydrogens is 603 g/mol. The molecule has 3 aromatic carbocycles. The normalized spacial score (nSPS) is 27.4. The number of benzene rings is 3. The van der Waals surface area contributed by atoms with Crippen LogP contribution in [0.3, 0.4) is 0 Å². The molecule has 256 valence electrons. The van der Waals surface area contributed by atoms with E-state index in [0.29, 0.717) is 42.6 Å². The standard InChI is InChI=1S/C41H51FN2O4/c1-27(45)43-32-16-14-29(15-17-32)40(48)44(23-9-12-28-10-5-3-6-11-28)22-8-4-7-13-30-24-31-25-33(46)18-19-34(31)39-36(42)26-41(2)35(38(30)39)20-21-37(41)47/h3,5-6,10-11,14-19,25,30,35-39,46-47H,4,7-9,12-13,20-24,26H2,1-2H3,(H,43,45)/t30-,35+,36+,37+,38+,39+,41+/m1/s1. The largest absolute Gasteiger partial charge is 0.508 e. The summed E-state index contributed by atoms with van der Waals surface area (Å²) in [4.78, 5) is 27.1. The number of phenolic OH excluding ortho intramolecular Hbond substituents is 1. The SMILES string of the molecule is CC(=O)Nc1ccc(C(=O)N(CCCCC[C@@H]2Cc3cc(O)ccc3[C@@H]3[C@@H]2[C@@H]2CC[C@H](O)[C@@]2(C)C[C@@H]3F)CCCc2ccccc2)cc1. The number of phenols is 1. The Balaban J connectivity index is 1.11. The van der Waals surface area contributed by atoms with Gasteiger partial charge in [0.05, 0.1) is 6.10 Å². The third kappa shape index (κ3) is 7.31. The lowest BCUT2D eigenvalue weighted by molar-refractivity contribution is -0.114. The Morgan fingerprint density at radius 3 is 2.46 bits per heavy atom. The van der Waals surface area contributed by atoms with Gasteiger partial charge >= 0.3 is 0 Å². The van der Waals surface area contributed by atoms with Crippen LogP contribution in [0.15, 0.2) is 72.8 Å². The molecule has 6 nitrogen and oxygen atoms in total. The predicted octanol–water partition coefficient (Wildman–Crippen LogP) is 8.08. The number of unbranched alkanes of at least 4 members (excludes halogenated alkanes) is 2. The average molecular weight is 655 g/mol. The maximum atomic E-state index is 16.1. The van der Waals surface area contributed by atoms with Gasteiger partial charge in [0.1, 0.15) is 11.9 Å². The van der Waals surface area contributed by atoms with Crippen LogP contribution in [0, 0.1) is 23.2 Å². The number of alkyl halides is 1. The molecule has 2 fully saturated rings. The summed E-state index contributed by atoms with van der Waals surface area (Å²) in [5, 5.41) is 24.0. The van der Waals surface area contributed by atoms with Crippen LogP contribution in [0.1, 0.15) is 98.2 Å². The molecular formula is C41H51FN2O4. The first kappa shape index (κ1) is 34.2. The van der Waals surface area contributed by atoms with Crippen LogP contribution in [-0.4, -0.2) is 52.3 Å². The molecule has 0 spiro atoms. The molecule has 2 saturated carbocycles. The van der Waals surface area contributed by atoms with Gasteiger partial charge in [0, 0.05) is 37.2 Å². The number of anilines is 1. The van der Waals surface area contributed by atoms with Crippen molar-refractivity contribution < 1.29 is 24.2 Å². The van der Waals surface area contributed by atoms with Crippen LogP contribution >= 0.6 is 0 Å². The minimum Gasteiger partial charge on any atom is -0.508 e. The van der Waals surface area contributed by atoms with Crippen molar-refractivity contribution in [2.24, 2.45) is 23.2 Å². The first-order chi connectivity index (χ1) is 23.1. The van der Waals surface area contributed by atoms with E-state index >= 15 is 4.39 Å². The van der Waals surface area contributed by atoms with Gasteiger partial charge in [-0.15, -0.1) is 0 Å². The molecule has 2 amide bonds. The molecule has 3 aliphatic carbocycles. The highest BCUT2D eigenvalue weighted by Crippen LogP contribution is 2.63. The number of aliphatic hydroxyl groups excluding tert-OH is 1. The molecule has 3 aliphatic rings. The highest BCUT2D eigenvalue weighted by molar-refractivity contribution is 5.95. The second kappa shape index (κ2) is 14.8. The monoisotopic (exact) mass is 654 g/mol. The molecule has 48 heavy (non-hydrogen) atoms. The van der Waals surface area contributed by atoms with Crippen LogP contribution in [-0.2, 0) is 17.6 Å². The van der Waals surface area contributed by atoms with E-state index in [9.17, 15) is 19.8 Å². The maximum Gasteiger partial charge on any atom is 0.253 e.